The third-order valence-electron chi connectivity index (χ3n) is 5.43. The van der Waals surface area contributed by atoms with E-state index in [1.165, 1.54) is 5.56 Å². The first-order valence-electron chi connectivity index (χ1n) is 10.6. The number of aliphatic imine (C=N–C) groups is 1. The van der Waals surface area contributed by atoms with E-state index in [0.717, 1.165) is 56.6 Å². The van der Waals surface area contributed by atoms with E-state index in [-0.39, 0.29) is 24.0 Å². The van der Waals surface area contributed by atoms with Crippen LogP contribution in [0.5, 0.6) is 0 Å². The molecular formula is C23H29ClIN7. The zero-order chi connectivity index (χ0) is 21.5. The van der Waals surface area contributed by atoms with Gasteiger partial charge in [-0.1, -0.05) is 41.9 Å². The van der Waals surface area contributed by atoms with E-state index in [4.69, 9.17) is 11.6 Å². The fourth-order valence-electron chi connectivity index (χ4n) is 3.85. The molecule has 170 valence electrons. The first kappa shape index (κ1) is 24.3. The molecule has 9 heteroatoms. The summed E-state index contributed by atoms with van der Waals surface area (Å²) in [7, 11) is 1.80. The molecule has 3 heterocycles. The van der Waals surface area contributed by atoms with Crippen LogP contribution in [-0.4, -0.2) is 53.2 Å². The number of hydrogen-bond donors (Lipinski definition) is 2. The quantitative estimate of drug-likeness (QED) is 0.260. The van der Waals surface area contributed by atoms with E-state index in [2.05, 4.69) is 59.3 Å². The molecule has 32 heavy (non-hydrogen) atoms. The monoisotopic (exact) mass is 565 g/mol. The molecule has 7 nitrogen and oxygen atoms in total. The Labute approximate surface area is 211 Å². The zero-order valence-electron chi connectivity index (χ0n) is 18.1. The van der Waals surface area contributed by atoms with Gasteiger partial charge in [0.2, 0.25) is 0 Å². The van der Waals surface area contributed by atoms with Crippen LogP contribution in [0.2, 0.25) is 5.02 Å². The Morgan fingerprint density at radius 2 is 2.00 bits per heavy atom. The maximum absolute atomic E-state index is 6.30. The summed E-state index contributed by atoms with van der Waals surface area (Å²) in [5, 5.41) is 7.63. The van der Waals surface area contributed by atoms with Crippen molar-refractivity contribution < 1.29 is 0 Å². The molecule has 0 saturated carbocycles. The van der Waals surface area contributed by atoms with Crippen molar-refractivity contribution in [3.8, 4) is 0 Å². The van der Waals surface area contributed by atoms with Crippen LogP contribution in [0.3, 0.4) is 0 Å². The minimum atomic E-state index is 0. The highest BCUT2D eigenvalue weighted by atomic mass is 127. The highest BCUT2D eigenvalue weighted by Gasteiger charge is 2.25. The SMILES string of the molecule is CN=C(NCCc1nccn1Cc1ccccc1)NC1CCN(c2ncccc2Cl)C1.I. The fraction of sp³-hybridized carbons (Fsp3) is 0.348. The van der Waals surface area contributed by atoms with Gasteiger partial charge in [0.15, 0.2) is 5.96 Å². The van der Waals surface area contributed by atoms with Gasteiger partial charge < -0.3 is 20.1 Å². The highest BCUT2D eigenvalue weighted by molar-refractivity contribution is 14.0. The van der Waals surface area contributed by atoms with Gasteiger partial charge >= 0.3 is 0 Å². The van der Waals surface area contributed by atoms with Gasteiger partial charge in [0, 0.05) is 64.3 Å². The molecule has 1 unspecified atom stereocenters. The lowest BCUT2D eigenvalue weighted by atomic mass is 10.2. The van der Waals surface area contributed by atoms with Gasteiger partial charge in [-0.3, -0.25) is 4.99 Å². The number of nitrogens with one attached hydrogen (secondary N) is 2. The van der Waals surface area contributed by atoms with E-state index in [1.807, 2.05) is 30.6 Å². The summed E-state index contributed by atoms with van der Waals surface area (Å²) >= 11 is 6.30. The van der Waals surface area contributed by atoms with E-state index >= 15 is 0 Å². The molecule has 0 radical (unpaired) electrons. The number of anilines is 1. The van der Waals surface area contributed by atoms with Crippen LogP contribution in [0.25, 0.3) is 0 Å². The Balaban J connectivity index is 0.00000289. The minimum absolute atomic E-state index is 0. The van der Waals surface area contributed by atoms with Crippen LogP contribution in [0, 0.1) is 0 Å². The van der Waals surface area contributed by atoms with Gasteiger partial charge in [-0.2, -0.15) is 0 Å². The van der Waals surface area contributed by atoms with Crippen molar-refractivity contribution in [3.05, 3.63) is 77.5 Å². The molecule has 1 aliphatic rings. The average Bonchev–Trinajstić information content (AvgIpc) is 3.44. The van der Waals surface area contributed by atoms with Crippen LogP contribution in [0.1, 0.15) is 17.8 Å². The highest BCUT2D eigenvalue weighted by Crippen LogP contribution is 2.25. The summed E-state index contributed by atoms with van der Waals surface area (Å²) in [4.78, 5) is 15.5. The maximum atomic E-state index is 6.30. The average molecular weight is 566 g/mol. The number of hydrogen-bond acceptors (Lipinski definition) is 4. The minimum Gasteiger partial charge on any atom is -0.356 e. The van der Waals surface area contributed by atoms with Crippen molar-refractivity contribution in [2.75, 3.05) is 31.6 Å². The van der Waals surface area contributed by atoms with Crippen molar-refractivity contribution >= 4 is 47.4 Å². The number of guanidine groups is 1. The third kappa shape index (κ3) is 6.35. The molecule has 0 spiro atoms. The van der Waals surface area contributed by atoms with Crippen LogP contribution in [0.15, 0.2) is 66.0 Å². The van der Waals surface area contributed by atoms with Crippen LogP contribution in [0.4, 0.5) is 5.82 Å². The van der Waals surface area contributed by atoms with Crippen molar-refractivity contribution in [1.82, 2.24) is 25.2 Å². The number of pyridine rings is 1. The number of imidazole rings is 1. The van der Waals surface area contributed by atoms with Gasteiger partial charge in [0.05, 0.1) is 5.02 Å². The van der Waals surface area contributed by atoms with E-state index in [1.54, 1.807) is 13.2 Å². The lowest BCUT2D eigenvalue weighted by Crippen LogP contribution is -2.45. The smallest absolute Gasteiger partial charge is 0.191 e. The molecule has 1 aliphatic heterocycles. The second-order valence-corrected chi connectivity index (χ2v) is 8.00. The summed E-state index contributed by atoms with van der Waals surface area (Å²) in [5.74, 6) is 2.71. The molecule has 3 aromatic rings. The molecule has 0 amide bonds. The molecule has 1 fully saturated rings. The second-order valence-electron chi connectivity index (χ2n) is 7.59. The fourth-order valence-corrected chi connectivity index (χ4v) is 4.09. The van der Waals surface area contributed by atoms with E-state index < -0.39 is 0 Å². The molecule has 0 aliphatic carbocycles. The van der Waals surface area contributed by atoms with Crippen molar-refractivity contribution in [2.24, 2.45) is 4.99 Å². The van der Waals surface area contributed by atoms with Gasteiger partial charge in [-0.05, 0) is 24.1 Å². The standard InChI is InChI=1S/C23H28ClN7.HI/c1-25-23(29-19-10-14-31(17-19)22-20(24)8-5-11-27-22)28-12-9-21-26-13-15-30(21)16-18-6-3-2-4-7-18;/h2-8,11,13,15,19H,9-10,12,14,16-17H2,1H3,(H2,25,28,29);1H. The van der Waals surface area contributed by atoms with Gasteiger partial charge in [0.25, 0.3) is 0 Å². The van der Waals surface area contributed by atoms with Gasteiger partial charge in [0.1, 0.15) is 11.6 Å². The Bertz CT molecular complexity index is 1010. The largest absolute Gasteiger partial charge is 0.356 e. The Kier molecular flexibility index (Phi) is 9.16. The van der Waals surface area contributed by atoms with Crippen molar-refractivity contribution in [1.29, 1.82) is 0 Å². The number of benzene rings is 1. The first-order chi connectivity index (χ1) is 15.2. The molecule has 1 atom stereocenters. The third-order valence-corrected chi connectivity index (χ3v) is 5.72. The molecule has 1 saturated heterocycles. The van der Waals surface area contributed by atoms with Gasteiger partial charge in [-0.25, -0.2) is 9.97 Å². The summed E-state index contributed by atoms with van der Waals surface area (Å²) < 4.78 is 2.19. The number of halogens is 2. The summed E-state index contributed by atoms with van der Waals surface area (Å²) in [6, 6.07) is 14.5. The molecule has 0 bridgehead atoms. The van der Waals surface area contributed by atoms with E-state index in [0.29, 0.717) is 11.1 Å². The predicted molar refractivity (Wildman–Crippen MR) is 141 cm³/mol. The number of rotatable bonds is 7. The van der Waals surface area contributed by atoms with Crippen molar-refractivity contribution in [3.63, 3.8) is 0 Å². The summed E-state index contributed by atoms with van der Waals surface area (Å²) in [5.41, 5.74) is 1.27. The number of nitrogens with zero attached hydrogens (tertiary/aromatic N) is 5. The molecule has 2 N–H and O–H groups in total. The predicted octanol–water partition coefficient (Wildman–Crippen LogP) is 3.58. The normalized spacial score (nSPS) is 16.0. The molecule has 2 aromatic heterocycles. The Morgan fingerprint density at radius 1 is 1.16 bits per heavy atom. The second kappa shape index (κ2) is 12.1. The summed E-state index contributed by atoms with van der Waals surface area (Å²) in [6.45, 7) is 3.35. The topological polar surface area (TPSA) is 70.4 Å². The Morgan fingerprint density at radius 3 is 2.78 bits per heavy atom. The zero-order valence-corrected chi connectivity index (χ0v) is 21.2. The van der Waals surface area contributed by atoms with E-state index in [9.17, 15) is 0 Å². The summed E-state index contributed by atoms with van der Waals surface area (Å²) in [6.07, 6.45) is 7.51. The lowest BCUT2D eigenvalue weighted by molar-refractivity contribution is 0.641. The maximum Gasteiger partial charge on any atom is 0.191 e. The van der Waals surface area contributed by atoms with Gasteiger partial charge in [-0.15, -0.1) is 24.0 Å². The Hall–Kier alpha value is -2.33. The molecular weight excluding hydrogens is 537 g/mol. The van der Waals surface area contributed by atoms with Crippen LogP contribution >= 0.6 is 35.6 Å². The number of aromatic nitrogens is 3. The molecule has 4 rings (SSSR count). The lowest BCUT2D eigenvalue weighted by Gasteiger charge is -2.20. The van der Waals surface area contributed by atoms with Crippen molar-refractivity contribution in [2.45, 2.75) is 25.4 Å². The first-order valence-corrected chi connectivity index (χ1v) is 11.0. The molecule has 1 aromatic carbocycles. The van der Waals surface area contributed by atoms with Crippen LogP contribution < -0.4 is 15.5 Å². The van der Waals surface area contributed by atoms with Crippen LogP contribution in [-0.2, 0) is 13.0 Å².